The summed E-state index contributed by atoms with van der Waals surface area (Å²) < 4.78 is 9.77. The number of ether oxygens (including phenoxy) is 2. The molecular weight excluding hydrogens is 220 g/mol. The number of hydrogen-bond acceptors (Lipinski definition) is 4. The van der Waals surface area contributed by atoms with E-state index >= 15 is 0 Å². The van der Waals surface area contributed by atoms with Gasteiger partial charge in [-0.25, -0.2) is 0 Å². The lowest BCUT2D eigenvalue weighted by Crippen LogP contribution is -2.01. The lowest BCUT2D eigenvalue weighted by molar-refractivity contribution is -0.142. The summed E-state index contributed by atoms with van der Waals surface area (Å²) in [5.41, 5.74) is 0.851. The first kappa shape index (κ1) is 13.1. The molecule has 1 aromatic carbocycles. The van der Waals surface area contributed by atoms with Gasteiger partial charge < -0.3 is 14.6 Å². The number of methoxy groups -OCH3 is 1. The highest BCUT2D eigenvalue weighted by Crippen LogP contribution is 2.26. The average molecular weight is 236 g/mol. The van der Waals surface area contributed by atoms with Crippen LogP contribution in [0.5, 0.6) is 11.5 Å². The summed E-state index contributed by atoms with van der Waals surface area (Å²) >= 11 is 0. The van der Waals surface area contributed by atoms with E-state index in [0.717, 1.165) is 5.56 Å². The van der Waals surface area contributed by atoms with Crippen molar-refractivity contribution in [3.05, 3.63) is 29.8 Å². The molecule has 0 fully saturated rings. The zero-order valence-corrected chi connectivity index (χ0v) is 9.97. The fraction of sp³-hybridized carbons (Fsp3) is 0.308. The molecule has 1 N–H and O–H groups in total. The summed E-state index contributed by atoms with van der Waals surface area (Å²) in [5, 5.41) is 9.40. The lowest BCUT2D eigenvalue weighted by atomic mass is 10.2. The molecule has 1 rings (SSSR count). The molecule has 4 heteroatoms. The third kappa shape index (κ3) is 4.18. The van der Waals surface area contributed by atoms with Crippen molar-refractivity contribution in [1.29, 1.82) is 0 Å². The summed E-state index contributed by atoms with van der Waals surface area (Å²) in [7, 11) is 1.49. The van der Waals surface area contributed by atoms with E-state index in [1.54, 1.807) is 37.3 Å². The van der Waals surface area contributed by atoms with Crippen LogP contribution in [0.3, 0.4) is 0 Å². The number of phenols is 1. The van der Waals surface area contributed by atoms with Gasteiger partial charge in [-0.1, -0.05) is 18.2 Å². The molecule has 1 aromatic rings. The summed E-state index contributed by atoms with van der Waals surface area (Å²) in [4.78, 5) is 11.1. The van der Waals surface area contributed by atoms with E-state index in [0.29, 0.717) is 12.4 Å². The van der Waals surface area contributed by atoms with Crippen molar-refractivity contribution >= 4 is 12.0 Å². The minimum Gasteiger partial charge on any atom is -0.504 e. The minimum atomic E-state index is -0.255. The number of hydrogen-bond donors (Lipinski definition) is 1. The molecule has 0 bridgehead atoms. The highest BCUT2D eigenvalue weighted by molar-refractivity contribution is 5.72. The van der Waals surface area contributed by atoms with Crippen LogP contribution in [0.1, 0.15) is 18.9 Å². The third-order valence-electron chi connectivity index (χ3n) is 2.10. The molecule has 4 nitrogen and oxygen atoms in total. The van der Waals surface area contributed by atoms with Crippen LogP contribution in [-0.2, 0) is 9.53 Å². The Balaban J connectivity index is 2.62. The van der Waals surface area contributed by atoms with Gasteiger partial charge in [-0.3, -0.25) is 4.79 Å². The molecule has 17 heavy (non-hydrogen) atoms. The topological polar surface area (TPSA) is 55.8 Å². The number of carbonyl (C=O) groups is 1. The van der Waals surface area contributed by atoms with E-state index in [9.17, 15) is 9.90 Å². The van der Waals surface area contributed by atoms with E-state index < -0.39 is 0 Å². The van der Waals surface area contributed by atoms with Gasteiger partial charge in [-0.15, -0.1) is 0 Å². The molecule has 0 atom stereocenters. The van der Waals surface area contributed by atoms with Crippen molar-refractivity contribution in [2.45, 2.75) is 13.3 Å². The fourth-order valence-corrected chi connectivity index (χ4v) is 1.31. The van der Waals surface area contributed by atoms with Crippen molar-refractivity contribution in [2.24, 2.45) is 0 Å². The maximum absolute atomic E-state index is 11.1. The minimum absolute atomic E-state index is 0.0926. The van der Waals surface area contributed by atoms with E-state index in [2.05, 4.69) is 0 Å². The molecule has 0 radical (unpaired) electrons. The van der Waals surface area contributed by atoms with Gasteiger partial charge >= 0.3 is 5.97 Å². The smallest absolute Gasteiger partial charge is 0.309 e. The van der Waals surface area contributed by atoms with Gasteiger partial charge in [0.05, 0.1) is 20.1 Å². The molecule has 0 heterocycles. The van der Waals surface area contributed by atoms with Crippen LogP contribution in [0.2, 0.25) is 0 Å². The van der Waals surface area contributed by atoms with E-state index in [-0.39, 0.29) is 18.1 Å². The summed E-state index contributed by atoms with van der Waals surface area (Å²) in [5.74, 6) is 0.243. The highest BCUT2D eigenvalue weighted by Gasteiger charge is 2.01. The van der Waals surface area contributed by atoms with Crippen molar-refractivity contribution in [3.63, 3.8) is 0 Å². The predicted molar refractivity (Wildman–Crippen MR) is 64.9 cm³/mol. The molecule has 0 unspecified atom stereocenters. The lowest BCUT2D eigenvalue weighted by Gasteiger charge is -2.03. The van der Waals surface area contributed by atoms with Gasteiger partial charge in [0.2, 0.25) is 0 Å². The second-order valence-corrected chi connectivity index (χ2v) is 3.34. The molecule has 0 saturated carbocycles. The highest BCUT2D eigenvalue weighted by atomic mass is 16.5. The Kier molecular flexibility index (Phi) is 5.07. The number of rotatable bonds is 5. The van der Waals surface area contributed by atoms with Gasteiger partial charge in [0.1, 0.15) is 0 Å². The molecular formula is C13H16O4. The van der Waals surface area contributed by atoms with Crippen molar-refractivity contribution in [3.8, 4) is 11.5 Å². The number of benzene rings is 1. The van der Waals surface area contributed by atoms with Crippen LogP contribution in [0.25, 0.3) is 6.08 Å². The Bertz CT molecular complexity index is 410. The van der Waals surface area contributed by atoms with Crippen LogP contribution in [0.15, 0.2) is 24.3 Å². The van der Waals surface area contributed by atoms with Crippen LogP contribution in [0.4, 0.5) is 0 Å². The summed E-state index contributed by atoms with van der Waals surface area (Å²) in [6.07, 6.45) is 3.72. The Labute approximate surface area is 100 Å². The Morgan fingerprint density at radius 1 is 1.47 bits per heavy atom. The molecule has 0 saturated heterocycles. The maximum Gasteiger partial charge on any atom is 0.309 e. The van der Waals surface area contributed by atoms with Crippen molar-refractivity contribution in [2.75, 3.05) is 13.7 Å². The molecule has 0 aromatic heterocycles. The first-order valence-electron chi connectivity index (χ1n) is 5.36. The normalized spacial score (nSPS) is 10.5. The maximum atomic E-state index is 11.1. The quantitative estimate of drug-likeness (QED) is 0.797. The number of phenolic OH excluding ortho intramolecular Hbond substituents is 1. The summed E-state index contributed by atoms with van der Waals surface area (Å²) in [6.45, 7) is 2.16. The van der Waals surface area contributed by atoms with Gasteiger partial charge in [0.25, 0.3) is 0 Å². The Hall–Kier alpha value is -1.97. The van der Waals surface area contributed by atoms with E-state index in [1.165, 1.54) is 7.11 Å². The second kappa shape index (κ2) is 6.58. The number of aromatic hydroxyl groups is 1. The molecule has 0 aliphatic heterocycles. The second-order valence-electron chi connectivity index (χ2n) is 3.34. The number of esters is 1. The Morgan fingerprint density at radius 2 is 2.24 bits per heavy atom. The zero-order chi connectivity index (χ0) is 12.7. The standard InChI is InChI=1S/C13H16O4/c1-3-17-13(15)6-4-5-10-7-8-11(14)12(9-10)16-2/h4-5,7-9,14H,3,6H2,1-2H3. The van der Waals surface area contributed by atoms with Crippen LogP contribution >= 0.6 is 0 Å². The van der Waals surface area contributed by atoms with Crippen molar-refractivity contribution < 1.29 is 19.4 Å². The van der Waals surface area contributed by atoms with E-state index in [1.807, 2.05) is 0 Å². The van der Waals surface area contributed by atoms with Crippen LogP contribution in [-0.4, -0.2) is 24.8 Å². The largest absolute Gasteiger partial charge is 0.504 e. The average Bonchev–Trinajstić information content (AvgIpc) is 2.31. The third-order valence-corrected chi connectivity index (χ3v) is 2.10. The predicted octanol–water partition coefficient (Wildman–Crippen LogP) is 2.37. The fourth-order valence-electron chi connectivity index (χ4n) is 1.31. The zero-order valence-electron chi connectivity index (χ0n) is 9.97. The van der Waals surface area contributed by atoms with Gasteiger partial charge in [-0.05, 0) is 24.6 Å². The van der Waals surface area contributed by atoms with Crippen LogP contribution in [0, 0.1) is 0 Å². The first-order valence-corrected chi connectivity index (χ1v) is 5.36. The van der Waals surface area contributed by atoms with Gasteiger partial charge in [0, 0.05) is 0 Å². The monoisotopic (exact) mass is 236 g/mol. The van der Waals surface area contributed by atoms with E-state index in [4.69, 9.17) is 9.47 Å². The van der Waals surface area contributed by atoms with Gasteiger partial charge in [0.15, 0.2) is 11.5 Å². The molecule has 0 aliphatic carbocycles. The summed E-state index contributed by atoms with van der Waals surface area (Å²) in [6, 6.07) is 4.97. The first-order chi connectivity index (χ1) is 8.17. The Morgan fingerprint density at radius 3 is 2.88 bits per heavy atom. The molecule has 0 amide bonds. The molecule has 0 spiro atoms. The molecule has 92 valence electrons. The number of carbonyl (C=O) groups excluding carboxylic acids is 1. The van der Waals surface area contributed by atoms with Crippen LogP contribution < -0.4 is 4.74 Å². The van der Waals surface area contributed by atoms with Gasteiger partial charge in [-0.2, -0.15) is 0 Å². The SMILES string of the molecule is CCOC(=O)CC=Cc1ccc(O)c(OC)c1. The molecule has 0 aliphatic rings. The van der Waals surface area contributed by atoms with Crippen molar-refractivity contribution in [1.82, 2.24) is 0 Å².